The zero-order valence-corrected chi connectivity index (χ0v) is 15.8. The van der Waals surface area contributed by atoms with Gasteiger partial charge in [0.2, 0.25) is 0 Å². The standard InChI is InChI=1S/C17H29BrN2O/c1-7-15(8-2)20(10-12(3)4)17(21)16-9-14(18)11-19(16)13(5)6/h9,11-13,15H,7-8,10H2,1-6H3. The van der Waals surface area contributed by atoms with E-state index in [0.29, 0.717) is 12.0 Å². The summed E-state index contributed by atoms with van der Waals surface area (Å²) in [6, 6.07) is 2.53. The molecule has 0 fully saturated rings. The van der Waals surface area contributed by atoms with Gasteiger partial charge >= 0.3 is 0 Å². The van der Waals surface area contributed by atoms with Crippen molar-refractivity contribution in [3.8, 4) is 0 Å². The van der Waals surface area contributed by atoms with E-state index < -0.39 is 0 Å². The fourth-order valence-electron chi connectivity index (χ4n) is 2.71. The van der Waals surface area contributed by atoms with Crippen LogP contribution in [0.15, 0.2) is 16.7 Å². The van der Waals surface area contributed by atoms with E-state index in [0.717, 1.165) is 29.6 Å². The minimum atomic E-state index is 0.150. The second-order valence-corrected chi connectivity index (χ2v) is 7.28. The predicted octanol–water partition coefficient (Wildman–Crippen LogP) is 5.12. The normalized spacial score (nSPS) is 11.7. The Balaban J connectivity index is 3.15. The van der Waals surface area contributed by atoms with Gasteiger partial charge in [-0.2, -0.15) is 0 Å². The number of hydrogen-bond donors (Lipinski definition) is 0. The van der Waals surface area contributed by atoms with Crippen LogP contribution in [0, 0.1) is 5.92 Å². The maximum atomic E-state index is 13.1. The third kappa shape index (κ3) is 4.60. The topological polar surface area (TPSA) is 25.2 Å². The van der Waals surface area contributed by atoms with Gasteiger partial charge in [-0.05, 0) is 54.6 Å². The van der Waals surface area contributed by atoms with Crippen molar-refractivity contribution in [3.63, 3.8) is 0 Å². The lowest BCUT2D eigenvalue weighted by molar-refractivity contribution is 0.0627. The van der Waals surface area contributed by atoms with Gasteiger partial charge in [0.15, 0.2) is 0 Å². The van der Waals surface area contributed by atoms with Crippen LogP contribution in [0.5, 0.6) is 0 Å². The third-order valence-electron chi connectivity index (χ3n) is 3.80. The van der Waals surface area contributed by atoms with Gasteiger partial charge in [-0.25, -0.2) is 0 Å². The van der Waals surface area contributed by atoms with Crippen LogP contribution in [0.2, 0.25) is 0 Å². The minimum Gasteiger partial charge on any atom is -0.340 e. The van der Waals surface area contributed by atoms with Gasteiger partial charge in [-0.3, -0.25) is 4.79 Å². The molecule has 1 aromatic heterocycles. The van der Waals surface area contributed by atoms with Gasteiger partial charge in [0.05, 0.1) is 0 Å². The maximum absolute atomic E-state index is 13.1. The van der Waals surface area contributed by atoms with E-state index in [4.69, 9.17) is 0 Å². The molecule has 0 bridgehead atoms. The average molecular weight is 357 g/mol. The Labute approximate surface area is 137 Å². The van der Waals surface area contributed by atoms with Crippen LogP contribution in [-0.2, 0) is 0 Å². The lowest BCUT2D eigenvalue weighted by Gasteiger charge is -2.32. The summed E-state index contributed by atoms with van der Waals surface area (Å²) in [4.78, 5) is 15.1. The number of hydrogen-bond acceptors (Lipinski definition) is 1. The van der Waals surface area contributed by atoms with Crippen molar-refractivity contribution < 1.29 is 4.79 Å². The monoisotopic (exact) mass is 356 g/mol. The SMILES string of the molecule is CCC(CC)N(CC(C)C)C(=O)c1cc(Br)cn1C(C)C. The fourth-order valence-corrected chi connectivity index (χ4v) is 3.15. The Morgan fingerprint density at radius 1 is 1.24 bits per heavy atom. The number of halogens is 1. The molecule has 1 amide bonds. The van der Waals surface area contributed by atoms with Crippen LogP contribution in [-0.4, -0.2) is 28.0 Å². The third-order valence-corrected chi connectivity index (χ3v) is 4.23. The van der Waals surface area contributed by atoms with Gasteiger partial charge in [-0.1, -0.05) is 27.7 Å². The fraction of sp³-hybridized carbons (Fsp3) is 0.706. The van der Waals surface area contributed by atoms with Crippen LogP contribution >= 0.6 is 15.9 Å². The van der Waals surface area contributed by atoms with Gasteiger partial charge in [0, 0.05) is 29.3 Å². The quantitative estimate of drug-likeness (QED) is 0.665. The van der Waals surface area contributed by atoms with Crippen molar-refractivity contribution >= 4 is 21.8 Å². The minimum absolute atomic E-state index is 0.150. The molecular formula is C17H29BrN2O. The predicted molar refractivity (Wildman–Crippen MR) is 92.8 cm³/mol. The van der Waals surface area contributed by atoms with E-state index in [9.17, 15) is 4.79 Å². The van der Waals surface area contributed by atoms with E-state index in [-0.39, 0.29) is 11.9 Å². The smallest absolute Gasteiger partial charge is 0.270 e. The average Bonchev–Trinajstić information content (AvgIpc) is 2.80. The Morgan fingerprint density at radius 3 is 2.24 bits per heavy atom. The molecule has 21 heavy (non-hydrogen) atoms. The lowest BCUT2D eigenvalue weighted by Crippen LogP contribution is -2.42. The van der Waals surface area contributed by atoms with Crippen molar-refractivity contribution in [2.45, 2.75) is 66.5 Å². The van der Waals surface area contributed by atoms with E-state index in [1.807, 2.05) is 12.3 Å². The number of nitrogens with zero attached hydrogens (tertiary/aromatic N) is 2. The molecule has 1 heterocycles. The van der Waals surface area contributed by atoms with Crippen LogP contribution in [0.4, 0.5) is 0 Å². The van der Waals surface area contributed by atoms with E-state index in [1.165, 1.54) is 0 Å². The summed E-state index contributed by atoms with van der Waals surface area (Å²) in [6.07, 6.45) is 4.00. The van der Waals surface area contributed by atoms with Crippen LogP contribution in [0.1, 0.15) is 70.9 Å². The highest BCUT2D eigenvalue weighted by Crippen LogP contribution is 2.23. The van der Waals surface area contributed by atoms with E-state index in [1.54, 1.807) is 0 Å². The molecule has 120 valence electrons. The van der Waals surface area contributed by atoms with E-state index in [2.05, 4.69) is 66.9 Å². The van der Waals surface area contributed by atoms with Crippen LogP contribution in [0.25, 0.3) is 0 Å². The Kier molecular flexibility index (Phi) is 6.98. The molecule has 1 rings (SSSR count). The Hall–Kier alpha value is -0.770. The van der Waals surface area contributed by atoms with Gasteiger partial charge in [-0.15, -0.1) is 0 Å². The number of carbonyl (C=O) groups excluding carboxylic acids is 1. The number of rotatable bonds is 7. The molecule has 1 aromatic rings. The number of carbonyl (C=O) groups is 1. The highest BCUT2D eigenvalue weighted by atomic mass is 79.9. The molecular weight excluding hydrogens is 328 g/mol. The summed E-state index contributed by atoms with van der Waals surface area (Å²) in [5.74, 6) is 0.622. The van der Waals surface area contributed by atoms with Crippen molar-refractivity contribution in [1.29, 1.82) is 0 Å². The summed E-state index contributed by atoms with van der Waals surface area (Å²) in [6.45, 7) is 13.7. The van der Waals surface area contributed by atoms with Crippen molar-refractivity contribution in [2.24, 2.45) is 5.92 Å². The highest BCUT2D eigenvalue weighted by Gasteiger charge is 2.26. The Bertz CT molecular complexity index is 461. The summed E-state index contributed by atoms with van der Waals surface area (Å²) in [5, 5.41) is 0. The first-order valence-electron chi connectivity index (χ1n) is 8.00. The van der Waals surface area contributed by atoms with Crippen molar-refractivity contribution in [1.82, 2.24) is 9.47 Å². The summed E-state index contributed by atoms with van der Waals surface area (Å²) >= 11 is 3.50. The lowest BCUT2D eigenvalue weighted by atomic mass is 10.1. The first-order chi connectivity index (χ1) is 9.81. The summed E-state index contributed by atoms with van der Waals surface area (Å²) < 4.78 is 3.02. The molecule has 0 aromatic carbocycles. The van der Waals surface area contributed by atoms with E-state index >= 15 is 0 Å². The second-order valence-electron chi connectivity index (χ2n) is 6.37. The summed E-state index contributed by atoms with van der Waals surface area (Å²) in [5.41, 5.74) is 0.782. The molecule has 0 saturated heterocycles. The molecule has 0 saturated carbocycles. The van der Waals surface area contributed by atoms with Crippen molar-refractivity contribution in [2.75, 3.05) is 6.54 Å². The van der Waals surface area contributed by atoms with Crippen molar-refractivity contribution in [3.05, 3.63) is 22.4 Å². The first kappa shape index (κ1) is 18.3. The zero-order valence-electron chi connectivity index (χ0n) is 14.2. The Morgan fingerprint density at radius 2 is 1.81 bits per heavy atom. The molecule has 0 atom stereocenters. The maximum Gasteiger partial charge on any atom is 0.270 e. The molecule has 0 aliphatic carbocycles. The highest BCUT2D eigenvalue weighted by molar-refractivity contribution is 9.10. The molecule has 0 aliphatic rings. The molecule has 0 radical (unpaired) electrons. The zero-order chi connectivity index (χ0) is 16.2. The number of aromatic nitrogens is 1. The summed E-state index contributed by atoms with van der Waals surface area (Å²) in [7, 11) is 0. The van der Waals surface area contributed by atoms with Crippen LogP contribution < -0.4 is 0 Å². The van der Waals surface area contributed by atoms with Crippen LogP contribution in [0.3, 0.4) is 0 Å². The molecule has 0 unspecified atom stereocenters. The van der Waals surface area contributed by atoms with Gasteiger partial charge in [0.1, 0.15) is 5.69 Å². The van der Waals surface area contributed by atoms with Gasteiger partial charge < -0.3 is 9.47 Å². The molecule has 0 aliphatic heterocycles. The number of amides is 1. The largest absolute Gasteiger partial charge is 0.340 e. The molecule has 0 N–H and O–H groups in total. The first-order valence-corrected chi connectivity index (χ1v) is 8.79. The molecule has 0 spiro atoms. The van der Waals surface area contributed by atoms with Gasteiger partial charge in [0.25, 0.3) is 5.91 Å². The molecule has 3 nitrogen and oxygen atoms in total. The molecule has 4 heteroatoms. The second kappa shape index (κ2) is 8.02.